The van der Waals surface area contributed by atoms with E-state index in [1.165, 1.54) is 16.7 Å². The topological polar surface area (TPSA) is 110 Å². The fraction of sp³-hybridized carbons (Fsp3) is 0.810. The summed E-state index contributed by atoms with van der Waals surface area (Å²) in [6.45, 7) is 1.74. The van der Waals surface area contributed by atoms with Gasteiger partial charge >= 0.3 is 6.04 Å². The second-order valence-electron chi connectivity index (χ2n) is 7.62. The number of hydrogen-bond acceptors (Lipinski definition) is 6. The van der Waals surface area contributed by atoms with E-state index in [4.69, 9.17) is 5.73 Å². The Morgan fingerprint density at radius 3 is 2.43 bits per heavy atom. The van der Waals surface area contributed by atoms with Crippen LogP contribution in [0.2, 0.25) is 0 Å². The van der Waals surface area contributed by atoms with Gasteiger partial charge in [0.2, 0.25) is 17.7 Å². The maximum absolute atomic E-state index is 12.4. The number of likely N-dealkylation sites (tertiary alicyclic amines) is 1. The van der Waals surface area contributed by atoms with Crippen molar-refractivity contribution in [2.75, 3.05) is 25.4 Å². The molecule has 172 valence electrons. The maximum atomic E-state index is 12.4. The molecular weight excluding hydrogens is 409 g/mol. The number of nitrogens with one attached hydrogen (secondary N) is 1. The Bertz CT molecular complexity index is 562. The van der Waals surface area contributed by atoms with Crippen molar-refractivity contribution in [3.8, 4) is 0 Å². The van der Waals surface area contributed by atoms with Crippen LogP contribution in [0, 0.1) is 0 Å². The third-order valence-electron chi connectivity index (χ3n) is 5.03. The van der Waals surface area contributed by atoms with Crippen LogP contribution in [0.15, 0.2) is 0 Å². The third-order valence-corrected chi connectivity index (χ3v) is 6.32. The molecular formula is C21H36FN3O4S. The molecule has 0 spiro atoms. The zero-order chi connectivity index (χ0) is 22.2. The maximum Gasteiger partial charge on any atom is 0.301 e. The fourth-order valence-electron chi connectivity index (χ4n) is 3.28. The molecule has 3 amide bonds. The van der Waals surface area contributed by atoms with Crippen molar-refractivity contribution in [1.29, 1.82) is 0 Å². The Morgan fingerprint density at radius 1 is 1.00 bits per heavy atom. The monoisotopic (exact) mass is 445 g/mol. The van der Waals surface area contributed by atoms with Crippen molar-refractivity contribution in [1.82, 2.24) is 10.2 Å². The van der Waals surface area contributed by atoms with E-state index in [9.17, 15) is 23.6 Å². The summed E-state index contributed by atoms with van der Waals surface area (Å²) >= 11 is 1.51. The van der Waals surface area contributed by atoms with Crippen LogP contribution in [0.1, 0.15) is 77.0 Å². The number of carbonyl (C=O) groups excluding carboxylic acids is 4. The first-order chi connectivity index (χ1) is 14.5. The van der Waals surface area contributed by atoms with Gasteiger partial charge in [0.15, 0.2) is 0 Å². The molecule has 1 atom stereocenters. The Morgan fingerprint density at radius 2 is 1.70 bits per heavy atom. The highest BCUT2D eigenvalue weighted by Gasteiger charge is 2.38. The molecule has 0 bridgehead atoms. The molecule has 1 heterocycles. The van der Waals surface area contributed by atoms with Gasteiger partial charge in [-0.1, -0.05) is 19.3 Å². The summed E-state index contributed by atoms with van der Waals surface area (Å²) in [5, 5.41) is 2.60. The molecule has 3 N–H and O–H groups in total. The molecule has 1 aliphatic heterocycles. The zero-order valence-corrected chi connectivity index (χ0v) is 18.7. The van der Waals surface area contributed by atoms with Gasteiger partial charge in [0, 0.05) is 32.4 Å². The second-order valence-corrected chi connectivity index (χ2v) is 8.93. The van der Waals surface area contributed by atoms with Gasteiger partial charge in [0.05, 0.1) is 5.25 Å². The summed E-state index contributed by atoms with van der Waals surface area (Å²) < 4.78 is 12.1. The number of halogens is 1. The summed E-state index contributed by atoms with van der Waals surface area (Å²) in [6.07, 6.45) is 7.93. The van der Waals surface area contributed by atoms with Crippen LogP contribution < -0.4 is 11.1 Å². The van der Waals surface area contributed by atoms with Crippen molar-refractivity contribution >= 4 is 35.5 Å². The molecule has 1 unspecified atom stereocenters. The normalized spacial score (nSPS) is 16.3. The first-order valence-corrected chi connectivity index (χ1v) is 12.1. The number of nitrogens with zero attached hydrogens (tertiary/aromatic N) is 1. The molecule has 9 heteroatoms. The quantitative estimate of drug-likeness (QED) is 0.191. The summed E-state index contributed by atoms with van der Waals surface area (Å²) in [7, 11) is 0. The fourth-order valence-corrected chi connectivity index (χ4v) is 4.47. The predicted octanol–water partition coefficient (Wildman–Crippen LogP) is 2.71. The molecule has 0 radical (unpaired) electrons. The molecule has 1 aliphatic rings. The van der Waals surface area contributed by atoms with Crippen molar-refractivity contribution < 1.29 is 23.6 Å². The smallest absolute Gasteiger partial charge is 0.301 e. The van der Waals surface area contributed by atoms with Crippen molar-refractivity contribution in [3.05, 3.63) is 0 Å². The van der Waals surface area contributed by atoms with E-state index in [0.717, 1.165) is 44.3 Å². The lowest BCUT2D eigenvalue weighted by Gasteiger charge is -2.14. The van der Waals surface area contributed by atoms with Crippen LogP contribution in [-0.4, -0.2) is 59.3 Å². The number of imide groups is 1. The van der Waals surface area contributed by atoms with Crippen LogP contribution in [0.5, 0.6) is 0 Å². The van der Waals surface area contributed by atoms with Crippen molar-refractivity contribution in [3.63, 3.8) is 0 Å². The third kappa shape index (κ3) is 11.6. The van der Waals surface area contributed by atoms with Gasteiger partial charge in [0.1, 0.15) is 0 Å². The molecule has 7 nitrogen and oxygen atoms in total. The van der Waals surface area contributed by atoms with E-state index in [-0.39, 0.29) is 35.8 Å². The number of amides is 3. The van der Waals surface area contributed by atoms with Crippen LogP contribution in [0.25, 0.3) is 0 Å². The Hall–Kier alpha value is -1.48. The molecule has 0 aromatic heterocycles. The van der Waals surface area contributed by atoms with Gasteiger partial charge in [0.25, 0.3) is 0 Å². The van der Waals surface area contributed by atoms with Gasteiger partial charge < -0.3 is 11.1 Å². The predicted molar refractivity (Wildman–Crippen MR) is 117 cm³/mol. The molecule has 0 aromatic rings. The molecule has 1 saturated heterocycles. The Labute approximate surface area is 183 Å². The number of thioether (sulfide) groups is 1. The zero-order valence-electron chi connectivity index (χ0n) is 17.8. The highest BCUT2D eigenvalue weighted by Crippen LogP contribution is 2.26. The Kier molecular flexibility index (Phi) is 14.4. The molecule has 1 fully saturated rings. The van der Waals surface area contributed by atoms with Gasteiger partial charge in [-0.2, -0.15) is 4.39 Å². The summed E-state index contributed by atoms with van der Waals surface area (Å²) in [5.74, 6) is 0.581. The van der Waals surface area contributed by atoms with Gasteiger partial charge in [-0.3, -0.25) is 24.1 Å². The van der Waals surface area contributed by atoms with E-state index in [1.54, 1.807) is 0 Å². The minimum atomic E-state index is -1.32. The van der Waals surface area contributed by atoms with Crippen molar-refractivity contribution in [2.45, 2.75) is 82.3 Å². The lowest BCUT2D eigenvalue weighted by Crippen LogP contribution is -2.32. The lowest BCUT2D eigenvalue weighted by atomic mass is 10.2. The van der Waals surface area contributed by atoms with E-state index < -0.39 is 6.04 Å². The first-order valence-electron chi connectivity index (χ1n) is 11.1. The highest BCUT2D eigenvalue weighted by atomic mass is 32.2. The second kappa shape index (κ2) is 16.2. The van der Waals surface area contributed by atoms with E-state index >= 15 is 0 Å². The van der Waals surface area contributed by atoms with E-state index in [2.05, 4.69) is 5.32 Å². The molecule has 0 aromatic carbocycles. The van der Waals surface area contributed by atoms with Gasteiger partial charge in [-0.25, -0.2) is 0 Å². The first kappa shape index (κ1) is 26.6. The van der Waals surface area contributed by atoms with Crippen LogP contribution in [0.4, 0.5) is 4.39 Å². The number of nitrogens with two attached hydrogens (primary N) is 1. The number of carbonyl (C=O) groups is 4. The highest BCUT2D eigenvalue weighted by molar-refractivity contribution is 8.00. The molecule has 30 heavy (non-hydrogen) atoms. The van der Waals surface area contributed by atoms with Crippen LogP contribution >= 0.6 is 11.8 Å². The molecule has 1 rings (SSSR count). The molecule has 0 aliphatic carbocycles. The summed E-state index contributed by atoms with van der Waals surface area (Å²) in [5.41, 5.74) is 5.43. The lowest BCUT2D eigenvalue weighted by molar-refractivity contribution is -0.138. The average Bonchev–Trinajstić information content (AvgIpc) is 2.97. The summed E-state index contributed by atoms with van der Waals surface area (Å²) in [6, 6.07) is -1.32. The van der Waals surface area contributed by atoms with Crippen LogP contribution in [0.3, 0.4) is 0 Å². The van der Waals surface area contributed by atoms with E-state index in [1.807, 2.05) is 0 Å². The minimum absolute atomic E-state index is 0.0819. The minimum Gasteiger partial charge on any atom is -0.356 e. The van der Waals surface area contributed by atoms with Crippen LogP contribution in [-0.2, 0) is 19.2 Å². The number of unbranched alkanes of at least 4 members (excludes halogenated alkanes) is 6. The van der Waals surface area contributed by atoms with Crippen molar-refractivity contribution in [2.24, 2.45) is 5.73 Å². The standard InChI is InChI=1S/C21H36FN3O4S/c22-18(26)10-4-1-8-14-25-20(28)16-17(21(25)29)30-15-9-2-5-11-19(27)24-13-7-3-6-12-23/h17H,1-16,23H2,(H,24,27). The van der Waals surface area contributed by atoms with E-state index in [0.29, 0.717) is 45.3 Å². The summed E-state index contributed by atoms with van der Waals surface area (Å²) in [4.78, 5) is 47.7. The van der Waals surface area contributed by atoms with Gasteiger partial charge in [-0.15, -0.1) is 11.8 Å². The van der Waals surface area contributed by atoms with Gasteiger partial charge in [-0.05, 0) is 50.8 Å². The SMILES string of the molecule is NCCCCCNC(=O)CCCCCSC1CC(=O)N(CCCCCC(=O)F)C1=O. The largest absolute Gasteiger partial charge is 0.356 e. The molecule has 0 saturated carbocycles. The average molecular weight is 446 g/mol. The Balaban J connectivity index is 2.06. The number of hydrogen-bond donors (Lipinski definition) is 2. The number of rotatable bonds is 18.